The van der Waals surface area contributed by atoms with E-state index in [2.05, 4.69) is 27.5 Å². The molecule has 0 spiro atoms. The van der Waals surface area contributed by atoms with E-state index in [0.717, 1.165) is 24.2 Å². The number of thioether (sulfide) groups is 1. The molecule has 2 aliphatic rings. The van der Waals surface area contributed by atoms with Crippen molar-refractivity contribution in [2.24, 2.45) is 0 Å². The first-order valence-corrected chi connectivity index (χ1v) is 12.7. The molecule has 1 aromatic carbocycles. The monoisotopic (exact) mass is 506 g/mol. The van der Waals surface area contributed by atoms with Gasteiger partial charge in [-0.3, -0.25) is 0 Å². The van der Waals surface area contributed by atoms with Crippen LogP contribution in [0.3, 0.4) is 0 Å². The van der Waals surface area contributed by atoms with Crippen molar-refractivity contribution in [3.05, 3.63) is 28.8 Å². The lowest BCUT2D eigenvalue weighted by Gasteiger charge is -2.16. The average Bonchev–Trinajstić information content (AvgIpc) is 3.39. The Hall–Kier alpha value is -2.18. The first-order valence-electron chi connectivity index (χ1n) is 11.3. The molecule has 6 atom stereocenters. The number of hydrogen-bond donors (Lipinski definition) is 4. The fourth-order valence-corrected chi connectivity index (χ4v) is 5.39. The third kappa shape index (κ3) is 4.31. The number of aromatic nitrogens is 5. The van der Waals surface area contributed by atoms with Gasteiger partial charge in [-0.25, -0.2) is 14.6 Å². The number of methoxy groups -OCH3 is 1. The van der Waals surface area contributed by atoms with E-state index in [1.165, 1.54) is 16.4 Å². The van der Waals surface area contributed by atoms with Crippen molar-refractivity contribution in [3.63, 3.8) is 0 Å². The minimum absolute atomic E-state index is 0.150. The van der Waals surface area contributed by atoms with E-state index in [9.17, 15) is 15.3 Å². The number of halogens is 1. The number of benzene rings is 1. The molecule has 0 bridgehead atoms. The Morgan fingerprint density at radius 3 is 2.71 bits per heavy atom. The van der Waals surface area contributed by atoms with Gasteiger partial charge >= 0.3 is 0 Å². The second kappa shape index (κ2) is 9.46. The van der Waals surface area contributed by atoms with Gasteiger partial charge in [0.1, 0.15) is 18.0 Å². The van der Waals surface area contributed by atoms with Crippen LogP contribution in [0.4, 0.5) is 5.82 Å². The minimum Gasteiger partial charge on any atom is -0.495 e. The molecule has 2 heterocycles. The number of rotatable bonds is 8. The Labute approximate surface area is 205 Å². The number of aliphatic hydroxyl groups excluding tert-OH is 3. The van der Waals surface area contributed by atoms with E-state index in [4.69, 9.17) is 21.3 Å². The Morgan fingerprint density at radius 2 is 2.03 bits per heavy atom. The molecule has 182 valence electrons. The molecule has 12 heteroatoms. The van der Waals surface area contributed by atoms with Crippen molar-refractivity contribution in [1.29, 1.82) is 0 Å². The van der Waals surface area contributed by atoms with Crippen LogP contribution in [0.2, 0.25) is 5.02 Å². The van der Waals surface area contributed by atoms with E-state index in [-0.39, 0.29) is 18.4 Å². The fourth-order valence-electron chi connectivity index (χ4n) is 4.43. The van der Waals surface area contributed by atoms with E-state index >= 15 is 0 Å². The van der Waals surface area contributed by atoms with Gasteiger partial charge in [-0.05, 0) is 30.5 Å². The van der Waals surface area contributed by atoms with Crippen LogP contribution in [-0.2, 0) is 0 Å². The third-order valence-electron chi connectivity index (χ3n) is 6.39. The standard InChI is InChI=1S/C22H27ClN6O4S/c1-3-6-34-22-25-20(24-13-8-11(13)10-4-5-16(33-2)12(23)7-10)17-21(26-22)29(28-27-17)14-9-15(30)19(32)18(14)31/h4-5,7,11,13-15,18-19,30-32H,3,6,8-9H2,1-2H3,(H,24,25,26)/t11?,13?,14-,15+,18+,19-/m0/s1. The van der Waals surface area contributed by atoms with Crippen LogP contribution in [0.25, 0.3) is 11.2 Å². The van der Waals surface area contributed by atoms with E-state index in [0.29, 0.717) is 32.9 Å². The number of fused-ring (bicyclic) bond motifs is 1. The molecule has 4 N–H and O–H groups in total. The first-order chi connectivity index (χ1) is 16.4. The highest BCUT2D eigenvalue weighted by Gasteiger charge is 2.44. The van der Waals surface area contributed by atoms with Crippen LogP contribution < -0.4 is 10.1 Å². The summed E-state index contributed by atoms with van der Waals surface area (Å²) in [6.07, 6.45) is -1.38. The van der Waals surface area contributed by atoms with Gasteiger partial charge in [0.05, 0.1) is 24.3 Å². The first kappa shape index (κ1) is 23.6. The highest BCUT2D eigenvalue weighted by atomic mass is 35.5. The minimum atomic E-state index is -1.24. The van der Waals surface area contributed by atoms with Gasteiger partial charge < -0.3 is 25.4 Å². The van der Waals surface area contributed by atoms with Gasteiger partial charge in [-0.15, -0.1) is 5.10 Å². The second-order valence-corrected chi connectivity index (χ2v) is 10.2. The molecular formula is C22H27ClN6O4S. The Balaban J connectivity index is 1.44. The number of nitrogens with zero attached hydrogens (tertiary/aromatic N) is 5. The number of nitrogens with one attached hydrogen (secondary N) is 1. The Morgan fingerprint density at radius 1 is 1.21 bits per heavy atom. The second-order valence-electron chi connectivity index (χ2n) is 8.75. The molecule has 0 amide bonds. The molecule has 2 aliphatic carbocycles. The van der Waals surface area contributed by atoms with E-state index in [1.54, 1.807) is 7.11 Å². The predicted octanol–water partition coefficient (Wildman–Crippen LogP) is 2.38. The third-order valence-corrected chi connectivity index (χ3v) is 7.74. The Bertz CT molecular complexity index is 1200. The van der Waals surface area contributed by atoms with Crippen molar-refractivity contribution in [1.82, 2.24) is 25.0 Å². The maximum atomic E-state index is 10.4. The molecule has 2 saturated carbocycles. The lowest BCUT2D eigenvalue weighted by molar-refractivity contribution is -0.0253. The average molecular weight is 507 g/mol. The molecular weight excluding hydrogens is 480 g/mol. The number of ether oxygens (including phenoxy) is 1. The normalized spacial score (nSPS) is 28.4. The van der Waals surface area contributed by atoms with Gasteiger partial charge in [0, 0.05) is 24.1 Å². The van der Waals surface area contributed by atoms with Crippen LogP contribution in [0.1, 0.15) is 43.7 Å². The summed E-state index contributed by atoms with van der Waals surface area (Å²) in [7, 11) is 1.59. The van der Waals surface area contributed by atoms with Crippen molar-refractivity contribution >= 4 is 40.3 Å². The predicted molar refractivity (Wildman–Crippen MR) is 129 cm³/mol. The molecule has 2 unspecified atom stereocenters. The van der Waals surface area contributed by atoms with E-state index in [1.807, 2.05) is 18.2 Å². The molecule has 10 nitrogen and oxygen atoms in total. The van der Waals surface area contributed by atoms with Gasteiger partial charge in [0.25, 0.3) is 0 Å². The summed E-state index contributed by atoms with van der Waals surface area (Å²) in [5.41, 5.74) is 2.07. The number of anilines is 1. The van der Waals surface area contributed by atoms with Crippen molar-refractivity contribution < 1.29 is 20.1 Å². The number of aliphatic hydroxyl groups is 3. The smallest absolute Gasteiger partial charge is 0.191 e. The lowest BCUT2D eigenvalue weighted by Crippen LogP contribution is -2.31. The molecule has 5 rings (SSSR count). The molecule has 3 aromatic rings. The molecule has 0 saturated heterocycles. The summed E-state index contributed by atoms with van der Waals surface area (Å²) in [6.45, 7) is 2.09. The fraction of sp³-hybridized carbons (Fsp3) is 0.545. The van der Waals surface area contributed by atoms with Crippen LogP contribution in [0.15, 0.2) is 23.4 Å². The van der Waals surface area contributed by atoms with Crippen molar-refractivity contribution in [2.75, 3.05) is 18.2 Å². The zero-order valence-electron chi connectivity index (χ0n) is 18.8. The maximum Gasteiger partial charge on any atom is 0.191 e. The summed E-state index contributed by atoms with van der Waals surface area (Å²) in [4.78, 5) is 9.34. The van der Waals surface area contributed by atoms with Crippen molar-refractivity contribution in [3.8, 4) is 5.75 Å². The summed E-state index contributed by atoms with van der Waals surface area (Å²) in [5, 5.41) is 43.6. The molecule has 2 fully saturated rings. The van der Waals surface area contributed by atoms with Gasteiger partial charge in [-0.1, -0.05) is 41.6 Å². The summed E-state index contributed by atoms with van der Waals surface area (Å²) >= 11 is 7.84. The van der Waals surface area contributed by atoms with E-state index < -0.39 is 24.4 Å². The topological polar surface area (TPSA) is 138 Å². The lowest BCUT2D eigenvalue weighted by atomic mass is 10.1. The molecule has 0 radical (unpaired) electrons. The highest BCUT2D eigenvalue weighted by Crippen LogP contribution is 2.45. The zero-order valence-corrected chi connectivity index (χ0v) is 20.4. The molecule has 34 heavy (non-hydrogen) atoms. The quantitative estimate of drug-likeness (QED) is 0.266. The van der Waals surface area contributed by atoms with Gasteiger partial charge in [0.15, 0.2) is 22.1 Å². The van der Waals surface area contributed by atoms with Gasteiger partial charge in [0.2, 0.25) is 0 Å². The summed E-state index contributed by atoms with van der Waals surface area (Å²) in [6, 6.07) is 5.34. The largest absolute Gasteiger partial charge is 0.495 e. The maximum absolute atomic E-state index is 10.4. The van der Waals surface area contributed by atoms with Crippen LogP contribution in [0.5, 0.6) is 5.75 Å². The Kier molecular flexibility index (Phi) is 6.56. The SMILES string of the molecule is CCCSc1nc(NC2CC2c2ccc(OC)c(Cl)c2)c2nnn([C@H]3C[C@@H](O)[C@H](O)[C@@H]3O)c2n1. The van der Waals surface area contributed by atoms with Crippen molar-refractivity contribution in [2.45, 2.75) is 67.7 Å². The van der Waals surface area contributed by atoms with Crippen LogP contribution >= 0.6 is 23.4 Å². The molecule has 0 aliphatic heterocycles. The highest BCUT2D eigenvalue weighted by molar-refractivity contribution is 7.99. The summed E-state index contributed by atoms with van der Waals surface area (Å²) < 4.78 is 6.74. The zero-order chi connectivity index (χ0) is 24.0. The van der Waals surface area contributed by atoms with Crippen LogP contribution in [0, 0.1) is 0 Å². The van der Waals surface area contributed by atoms with Crippen LogP contribution in [-0.4, -0.2) is 77.5 Å². The number of hydrogen-bond acceptors (Lipinski definition) is 10. The summed E-state index contributed by atoms with van der Waals surface area (Å²) in [5.74, 6) is 2.35. The molecule has 2 aromatic heterocycles. The van der Waals surface area contributed by atoms with Gasteiger partial charge in [-0.2, -0.15) is 0 Å².